The van der Waals surface area contributed by atoms with Crippen molar-refractivity contribution in [3.63, 3.8) is 0 Å². The fraction of sp³-hybridized carbons (Fsp3) is 0.211. The topological polar surface area (TPSA) is 98.9 Å². The smallest absolute Gasteiger partial charge is 0.271 e. The van der Waals surface area contributed by atoms with Crippen LogP contribution >= 0.6 is 0 Å². The summed E-state index contributed by atoms with van der Waals surface area (Å²) in [6.07, 6.45) is 0. The quantitative estimate of drug-likeness (QED) is 0.676. The minimum atomic E-state index is -0.478. The molecular weight excluding hydrogens is 365 g/mol. The average Bonchev–Trinajstić information content (AvgIpc) is 2.68. The second-order valence-electron chi connectivity index (χ2n) is 6.13. The molecule has 3 rings (SSSR count). The largest absolute Gasteiger partial charge is 0.349 e. The maximum absolute atomic E-state index is 13.0. The zero-order valence-corrected chi connectivity index (χ0v) is 15.1. The van der Waals surface area contributed by atoms with Crippen LogP contribution in [0.25, 0.3) is 0 Å². The van der Waals surface area contributed by atoms with Crippen LogP contribution in [0.15, 0.2) is 58.1 Å². The Morgan fingerprint density at radius 3 is 2.39 bits per heavy atom. The van der Waals surface area contributed by atoms with Gasteiger partial charge in [-0.05, 0) is 36.8 Å². The van der Waals surface area contributed by atoms with Gasteiger partial charge in [0.15, 0.2) is 0 Å². The highest BCUT2D eigenvalue weighted by atomic mass is 19.1. The molecule has 144 valence electrons. The summed E-state index contributed by atoms with van der Waals surface area (Å²) in [6.45, 7) is 2.26. The highest BCUT2D eigenvalue weighted by molar-refractivity contribution is 5.91. The van der Waals surface area contributed by atoms with E-state index in [9.17, 15) is 18.8 Å². The first kappa shape index (κ1) is 19.2. The van der Waals surface area contributed by atoms with Crippen LogP contribution in [-0.4, -0.2) is 32.0 Å². The fourth-order valence-corrected chi connectivity index (χ4v) is 2.52. The van der Waals surface area contributed by atoms with E-state index < -0.39 is 5.91 Å². The Balaban J connectivity index is 1.66. The van der Waals surface area contributed by atoms with Crippen LogP contribution in [0.5, 0.6) is 0 Å². The van der Waals surface area contributed by atoms with Gasteiger partial charge in [-0.15, -0.1) is 0 Å². The Morgan fingerprint density at radius 1 is 0.964 bits per heavy atom. The first-order valence-electron chi connectivity index (χ1n) is 8.58. The van der Waals surface area contributed by atoms with Crippen LogP contribution in [0.2, 0.25) is 0 Å². The van der Waals surface area contributed by atoms with Crippen molar-refractivity contribution in [1.29, 1.82) is 0 Å². The Bertz CT molecular complexity index is 1110. The Morgan fingerprint density at radius 2 is 1.64 bits per heavy atom. The van der Waals surface area contributed by atoms with E-state index in [0.717, 1.165) is 4.68 Å². The number of carbonyl (C=O) groups is 1. The number of amides is 1. The zero-order valence-electron chi connectivity index (χ0n) is 15.1. The lowest BCUT2D eigenvalue weighted by Gasteiger charge is -2.09. The molecule has 0 fully saturated rings. The van der Waals surface area contributed by atoms with Crippen molar-refractivity contribution < 1.29 is 9.18 Å². The first-order chi connectivity index (χ1) is 13.4. The second-order valence-corrected chi connectivity index (χ2v) is 6.13. The number of aryl methyl sites for hydroxylation is 1. The van der Waals surface area contributed by atoms with Gasteiger partial charge in [-0.1, -0.05) is 12.1 Å². The Kier molecular flexibility index (Phi) is 5.73. The lowest BCUT2D eigenvalue weighted by Crippen LogP contribution is -2.34. The minimum absolute atomic E-state index is 0.0614. The number of halogens is 1. The molecule has 0 saturated heterocycles. The lowest BCUT2D eigenvalue weighted by atomic mass is 10.2. The average molecular weight is 383 g/mol. The lowest BCUT2D eigenvalue weighted by molar-refractivity contribution is 0.0944. The molecule has 1 N–H and O–H groups in total. The van der Waals surface area contributed by atoms with Gasteiger partial charge < -0.3 is 5.32 Å². The van der Waals surface area contributed by atoms with E-state index in [4.69, 9.17) is 0 Å². The molecule has 0 bridgehead atoms. The van der Waals surface area contributed by atoms with Crippen molar-refractivity contribution in [1.82, 2.24) is 24.9 Å². The molecule has 0 radical (unpaired) electrons. The van der Waals surface area contributed by atoms with Crippen molar-refractivity contribution in [3.8, 4) is 0 Å². The molecular formula is C19H18FN5O3. The summed E-state index contributed by atoms with van der Waals surface area (Å²) in [7, 11) is 0. The van der Waals surface area contributed by atoms with Gasteiger partial charge in [0, 0.05) is 18.7 Å². The highest BCUT2D eigenvalue weighted by Gasteiger charge is 2.10. The van der Waals surface area contributed by atoms with Crippen LogP contribution < -0.4 is 16.4 Å². The van der Waals surface area contributed by atoms with E-state index >= 15 is 0 Å². The molecule has 3 aromatic rings. The molecule has 2 heterocycles. The summed E-state index contributed by atoms with van der Waals surface area (Å²) in [5.41, 5.74) is 0.799. The molecule has 9 heteroatoms. The van der Waals surface area contributed by atoms with Gasteiger partial charge in [0.25, 0.3) is 17.0 Å². The minimum Gasteiger partial charge on any atom is -0.349 e. The van der Waals surface area contributed by atoms with Gasteiger partial charge in [-0.3, -0.25) is 14.4 Å². The molecule has 28 heavy (non-hydrogen) atoms. The third kappa shape index (κ3) is 4.76. The first-order valence-corrected chi connectivity index (χ1v) is 8.58. The molecule has 8 nitrogen and oxygen atoms in total. The maximum atomic E-state index is 13.0. The molecule has 0 aliphatic carbocycles. The standard InChI is InChI=1S/C19H18FN5O3/c1-13-2-8-17(26)24(22-13)11-10-21-19(28)16-7-9-18(27)25(23-16)12-14-3-5-15(20)6-4-14/h2-9H,10-12H2,1H3,(H,21,28). The molecule has 2 aromatic heterocycles. The van der Waals surface area contributed by atoms with Crippen LogP contribution in [0.4, 0.5) is 4.39 Å². The van der Waals surface area contributed by atoms with E-state index in [0.29, 0.717) is 11.3 Å². The molecule has 1 aromatic carbocycles. The molecule has 0 spiro atoms. The summed E-state index contributed by atoms with van der Waals surface area (Å²) in [5.74, 6) is -0.854. The van der Waals surface area contributed by atoms with E-state index in [2.05, 4.69) is 15.5 Å². The number of hydrogen-bond donors (Lipinski definition) is 1. The predicted molar refractivity (Wildman–Crippen MR) is 99.6 cm³/mol. The highest BCUT2D eigenvalue weighted by Crippen LogP contribution is 2.03. The third-order valence-electron chi connectivity index (χ3n) is 3.95. The molecule has 0 atom stereocenters. The van der Waals surface area contributed by atoms with E-state index in [1.165, 1.54) is 35.0 Å². The van der Waals surface area contributed by atoms with Gasteiger partial charge in [0.2, 0.25) is 0 Å². The SMILES string of the molecule is Cc1ccc(=O)n(CCNC(=O)c2ccc(=O)n(Cc3ccc(F)cc3)n2)n1. The van der Waals surface area contributed by atoms with Crippen LogP contribution in [0.3, 0.4) is 0 Å². The Hall–Kier alpha value is -3.62. The normalized spacial score (nSPS) is 10.6. The van der Waals surface area contributed by atoms with Gasteiger partial charge in [-0.2, -0.15) is 10.2 Å². The van der Waals surface area contributed by atoms with Crippen molar-refractivity contribution in [2.45, 2.75) is 20.0 Å². The number of nitrogens with one attached hydrogen (secondary N) is 1. The zero-order chi connectivity index (χ0) is 20.1. The van der Waals surface area contributed by atoms with Crippen molar-refractivity contribution in [3.05, 3.63) is 92.0 Å². The van der Waals surface area contributed by atoms with Gasteiger partial charge in [-0.25, -0.2) is 13.8 Å². The summed E-state index contributed by atoms with van der Waals surface area (Å²) < 4.78 is 15.4. The summed E-state index contributed by atoms with van der Waals surface area (Å²) in [4.78, 5) is 36.0. The van der Waals surface area contributed by atoms with E-state index in [-0.39, 0.29) is 42.3 Å². The second kappa shape index (κ2) is 8.38. The van der Waals surface area contributed by atoms with Gasteiger partial charge in [0.05, 0.1) is 18.8 Å². The maximum Gasteiger partial charge on any atom is 0.271 e. The summed E-state index contributed by atoms with van der Waals surface area (Å²) in [6, 6.07) is 11.3. The van der Waals surface area contributed by atoms with Crippen LogP contribution in [0, 0.1) is 12.7 Å². The number of hydrogen-bond acceptors (Lipinski definition) is 5. The molecule has 1 amide bonds. The fourth-order valence-electron chi connectivity index (χ4n) is 2.52. The molecule has 0 aliphatic rings. The molecule has 0 unspecified atom stereocenters. The van der Waals surface area contributed by atoms with Gasteiger partial charge >= 0.3 is 0 Å². The number of benzene rings is 1. The van der Waals surface area contributed by atoms with Crippen LogP contribution in [-0.2, 0) is 13.1 Å². The number of aromatic nitrogens is 4. The van der Waals surface area contributed by atoms with Crippen molar-refractivity contribution in [2.75, 3.05) is 6.54 Å². The van der Waals surface area contributed by atoms with E-state index in [1.54, 1.807) is 25.1 Å². The third-order valence-corrected chi connectivity index (χ3v) is 3.95. The molecule has 0 saturated carbocycles. The van der Waals surface area contributed by atoms with Crippen molar-refractivity contribution >= 4 is 5.91 Å². The number of carbonyl (C=O) groups excluding carboxylic acids is 1. The van der Waals surface area contributed by atoms with Gasteiger partial charge in [0.1, 0.15) is 11.5 Å². The number of rotatable bonds is 6. The van der Waals surface area contributed by atoms with E-state index in [1.807, 2.05) is 0 Å². The predicted octanol–water partition coefficient (Wildman–Crippen LogP) is 0.726. The monoisotopic (exact) mass is 383 g/mol. The molecule has 0 aliphatic heterocycles. The van der Waals surface area contributed by atoms with Crippen molar-refractivity contribution in [2.24, 2.45) is 0 Å². The summed E-state index contributed by atoms with van der Waals surface area (Å²) in [5, 5.41) is 10.8. The van der Waals surface area contributed by atoms with Crippen LogP contribution in [0.1, 0.15) is 21.7 Å². The number of nitrogens with zero attached hydrogens (tertiary/aromatic N) is 4. The Labute approximate surface area is 159 Å². The summed E-state index contributed by atoms with van der Waals surface area (Å²) >= 11 is 0.